The summed E-state index contributed by atoms with van der Waals surface area (Å²) in [5.74, 6) is -1.70. The van der Waals surface area contributed by atoms with E-state index in [9.17, 15) is 14.4 Å². The van der Waals surface area contributed by atoms with Gasteiger partial charge in [-0.2, -0.15) is 0 Å². The predicted molar refractivity (Wildman–Crippen MR) is 73.2 cm³/mol. The van der Waals surface area contributed by atoms with Crippen molar-refractivity contribution < 1.29 is 24.6 Å². The van der Waals surface area contributed by atoms with E-state index in [0.717, 1.165) is 25.7 Å². The molecule has 0 radical (unpaired) electrons. The van der Waals surface area contributed by atoms with E-state index in [-0.39, 0.29) is 12.8 Å². The molecule has 20 heavy (non-hydrogen) atoms. The molecule has 0 heterocycles. The molecule has 1 aliphatic rings. The lowest BCUT2D eigenvalue weighted by molar-refractivity contribution is -0.139. The van der Waals surface area contributed by atoms with E-state index in [2.05, 4.69) is 0 Å². The molecule has 0 amide bonds. The van der Waals surface area contributed by atoms with Crippen LogP contribution in [0.2, 0.25) is 0 Å². The Morgan fingerprint density at radius 1 is 0.950 bits per heavy atom. The number of carboxylic acid groups (broad SMARTS) is 2. The maximum atomic E-state index is 10.5. The van der Waals surface area contributed by atoms with Crippen molar-refractivity contribution in [1.29, 1.82) is 0 Å². The lowest BCUT2D eigenvalue weighted by atomic mass is 10.00. The number of hydrogen-bond donors (Lipinski definition) is 4. The summed E-state index contributed by atoms with van der Waals surface area (Å²) in [7, 11) is 0. The normalized spacial score (nSPS) is 17.6. The Labute approximate surface area is 118 Å². The SMILES string of the molecule is NC(CCCC(N)C(=O)O)C(=O)O.O=C1CCCCC1. The Bertz CT molecular complexity index is 305. The van der Waals surface area contributed by atoms with E-state index in [1.54, 1.807) is 0 Å². The van der Waals surface area contributed by atoms with Crippen molar-refractivity contribution in [2.75, 3.05) is 0 Å². The molecular formula is C13H24N2O5. The van der Waals surface area contributed by atoms with Gasteiger partial charge < -0.3 is 21.7 Å². The van der Waals surface area contributed by atoms with Crippen LogP contribution in [-0.4, -0.2) is 40.0 Å². The highest BCUT2D eigenvalue weighted by Crippen LogP contribution is 2.12. The fraction of sp³-hybridized carbons (Fsp3) is 0.769. The van der Waals surface area contributed by atoms with Crippen molar-refractivity contribution in [3.8, 4) is 0 Å². The number of ketones is 1. The number of aliphatic carboxylic acids is 2. The van der Waals surface area contributed by atoms with E-state index < -0.39 is 24.0 Å². The summed E-state index contributed by atoms with van der Waals surface area (Å²) in [5, 5.41) is 16.8. The number of carbonyl (C=O) groups excluding carboxylic acids is 1. The summed E-state index contributed by atoms with van der Waals surface area (Å²) in [5.41, 5.74) is 10.4. The van der Waals surface area contributed by atoms with Crippen molar-refractivity contribution in [2.45, 2.75) is 63.5 Å². The third kappa shape index (κ3) is 9.46. The molecule has 1 rings (SSSR count). The fourth-order valence-electron chi connectivity index (χ4n) is 1.75. The molecule has 0 bridgehead atoms. The maximum absolute atomic E-state index is 10.5. The average Bonchev–Trinajstić information content (AvgIpc) is 2.39. The number of carbonyl (C=O) groups is 3. The molecule has 116 valence electrons. The van der Waals surface area contributed by atoms with Crippen molar-refractivity contribution in [3.05, 3.63) is 0 Å². The predicted octanol–water partition coefficient (Wildman–Crippen LogP) is 0.500. The zero-order chi connectivity index (χ0) is 15.5. The van der Waals surface area contributed by atoms with Gasteiger partial charge in [0.2, 0.25) is 0 Å². The molecule has 1 saturated carbocycles. The Hall–Kier alpha value is -1.47. The van der Waals surface area contributed by atoms with E-state index in [4.69, 9.17) is 21.7 Å². The van der Waals surface area contributed by atoms with Gasteiger partial charge in [-0.05, 0) is 32.1 Å². The average molecular weight is 288 g/mol. The Balaban J connectivity index is 0.000000428. The first kappa shape index (κ1) is 18.5. The minimum atomic E-state index is -1.08. The number of rotatable bonds is 6. The monoisotopic (exact) mass is 288 g/mol. The largest absolute Gasteiger partial charge is 0.480 e. The Kier molecular flexibility index (Phi) is 9.57. The summed E-state index contributed by atoms with van der Waals surface area (Å²) in [6.07, 6.45) is 6.14. The summed E-state index contributed by atoms with van der Waals surface area (Å²) < 4.78 is 0. The van der Waals surface area contributed by atoms with Gasteiger partial charge in [0.25, 0.3) is 0 Å². The van der Waals surface area contributed by atoms with Gasteiger partial charge in [-0.25, -0.2) is 0 Å². The van der Waals surface area contributed by atoms with Gasteiger partial charge in [-0.15, -0.1) is 0 Å². The van der Waals surface area contributed by atoms with Crippen LogP contribution in [0.3, 0.4) is 0 Å². The molecule has 0 saturated heterocycles. The minimum absolute atomic E-state index is 0.246. The van der Waals surface area contributed by atoms with Crippen LogP contribution in [0.4, 0.5) is 0 Å². The molecule has 1 fully saturated rings. The summed E-state index contributed by atoms with van der Waals surface area (Å²) in [6.45, 7) is 0. The highest BCUT2D eigenvalue weighted by molar-refractivity contribution is 5.78. The first-order chi connectivity index (χ1) is 9.34. The first-order valence-corrected chi connectivity index (χ1v) is 6.83. The molecule has 6 N–H and O–H groups in total. The quantitative estimate of drug-likeness (QED) is 0.557. The molecule has 0 aromatic carbocycles. The zero-order valence-corrected chi connectivity index (χ0v) is 11.6. The number of hydrogen-bond acceptors (Lipinski definition) is 5. The van der Waals surface area contributed by atoms with Crippen LogP contribution >= 0.6 is 0 Å². The van der Waals surface area contributed by atoms with Gasteiger partial charge in [-0.3, -0.25) is 14.4 Å². The molecule has 7 nitrogen and oxygen atoms in total. The van der Waals surface area contributed by atoms with Gasteiger partial charge in [0.05, 0.1) is 0 Å². The van der Waals surface area contributed by atoms with Crippen LogP contribution in [0.1, 0.15) is 51.4 Å². The van der Waals surface area contributed by atoms with Crippen LogP contribution in [0, 0.1) is 0 Å². The van der Waals surface area contributed by atoms with Crippen LogP contribution in [0.5, 0.6) is 0 Å². The highest BCUT2D eigenvalue weighted by Gasteiger charge is 2.14. The molecule has 0 aromatic heterocycles. The third-order valence-electron chi connectivity index (χ3n) is 3.08. The zero-order valence-electron chi connectivity index (χ0n) is 11.6. The molecule has 2 unspecified atom stereocenters. The van der Waals surface area contributed by atoms with Crippen molar-refractivity contribution in [2.24, 2.45) is 11.5 Å². The molecule has 0 aromatic rings. The third-order valence-corrected chi connectivity index (χ3v) is 3.08. The molecule has 7 heteroatoms. The van der Waals surface area contributed by atoms with Crippen LogP contribution in [0.25, 0.3) is 0 Å². The minimum Gasteiger partial charge on any atom is -0.480 e. The molecule has 1 aliphatic carbocycles. The van der Waals surface area contributed by atoms with Gasteiger partial charge >= 0.3 is 11.9 Å². The van der Waals surface area contributed by atoms with Crippen molar-refractivity contribution in [3.63, 3.8) is 0 Å². The van der Waals surface area contributed by atoms with Crippen LogP contribution in [0.15, 0.2) is 0 Å². The number of carboxylic acids is 2. The summed E-state index contributed by atoms with van der Waals surface area (Å²) in [6, 6.07) is -1.86. The smallest absolute Gasteiger partial charge is 0.320 e. The lowest BCUT2D eigenvalue weighted by Crippen LogP contribution is -2.33. The highest BCUT2D eigenvalue weighted by atomic mass is 16.4. The Morgan fingerprint density at radius 2 is 1.35 bits per heavy atom. The summed E-state index contributed by atoms with van der Waals surface area (Å²) >= 11 is 0. The van der Waals surface area contributed by atoms with E-state index >= 15 is 0 Å². The van der Waals surface area contributed by atoms with Crippen molar-refractivity contribution in [1.82, 2.24) is 0 Å². The van der Waals surface area contributed by atoms with Gasteiger partial charge in [0.15, 0.2) is 0 Å². The van der Waals surface area contributed by atoms with Gasteiger partial charge in [-0.1, -0.05) is 6.42 Å². The van der Waals surface area contributed by atoms with E-state index in [0.29, 0.717) is 12.2 Å². The summed E-state index contributed by atoms with van der Waals surface area (Å²) in [4.78, 5) is 30.9. The van der Waals surface area contributed by atoms with Gasteiger partial charge in [0.1, 0.15) is 17.9 Å². The number of nitrogens with two attached hydrogens (primary N) is 2. The molecule has 0 aliphatic heterocycles. The van der Waals surface area contributed by atoms with Crippen LogP contribution in [-0.2, 0) is 14.4 Å². The second-order valence-corrected chi connectivity index (χ2v) is 4.92. The lowest BCUT2D eigenvalue weighted by Gasteiger charge is -2.07. The van der Waals surface area contributed by atoms with Crippen molar-refractivity contribution >= 4 is 17.7 Å². The van der Waals surface area contributed by atoms with Gasteiger partial charge in [0, 0.05) is 12.8 Å². The first-order valence-electron chi connectivity index (χ1n) is 6.83. The van der Waals surface area contributed by atoms with E-state index in [1.807, 2.05) is 0 Å². The van der Waals surface area contributed by atoms with E-state index in [1.165, 1.54) is 6.42 Å². The second-order valence-electron chi connectivity index (χ2n) is 4.92. The molecular weight excluding hydrogens is 264 g/mol. The second kappa shape index (κ2) is 10.3. The fourth-order valence-corrected chi connectivity index (χ4v) is 1.75. The Morgan fingerprint density at radius 3 is 1.60 bits per heavy atom. The standard InChI is InChI=1S/C7H14N2O4.C6H10O/c8-4(6(10)11)2-1-3-5(9)7(12)13;7-6-4-2-1-3-5-6/h4-5H,1-3,8-9H2,(H,10,11)(H,12,13);1-5H2. The maximum Gasteiger partial charge on any atom is 0.320 e. The topological polar surface area (TPSA) is 144 Å². The molecule has 2 atom stereocenters. The number of Topliss-reactive ketones (excluding diaryl/α,β-unsaturated/α-hetero) is 1. The molecule has 0 spiro atoms. The van der Waals surface area contributed by atoms with Crippen LogP contribution < -0.4 is 11.5 Å².